The minimum atomic E-state index is 0.148. The molecule has 2 aromatic heterocycles. The van der Waals surface area contributed by atoms with Crippen molar-refractivity contribution in [3.63, 3.8) is 0 Å². The van der Waals surface area contributed by atoms with E-state index in [9.17, 15) is 4.79 Å². The maximum atomic E-state index is 12.4. The van der Waals surface area contributed by atoms with Crippen LogP contribution in [0.4, 0.5) is 5.82 Å². The van der Waals surface area contributed by atoms with Gasteiger partial charge in [0.1, 0.15) is 5.82 Å². The highest BCUT2D eigenvalue weighted by atomic mass is 79.9. The molecule has 6 heteroatoms. The Balaban J connectivity index is 1.59. The average Bonchev–Trinajstić information content (AvgIpc) is 3.01. The van der Waals surface area contributed by atoms with Crippen molar-refractivity contribution in [1.82, 2.24) is 9.88 Å². The van der Waals surface area contributed by atoms with Gasteiger partial charge in [0.25, 0.3) is 5.91 Å². The Hall–Kier alpha value is -1.40. The quantitative estimate of drug-likeness (QED) is 0.816. The van der Waals surface area contributed by atoms with E-state index in [1.807, 2.05) is 40.7 Å². The highest BCUT2D eigenvalue weighted by molar-refractivity contribution is 9.10. The number of nitrogens with zero attached hydrogens (tertiary/aromatic N) is 3. The fourth-order valence-electron chi connectivity index (χ4n) is 2.79. The normalized spacial score (nSPS) is 15.8. The van der Waals surface area contributed by atoms with Gasteiger partial charge in [0.2, 0.25) is 0 Å². The van der Waals surface area contributed by atoms with Gasteiger partial charge < -0.3 is 9.80 Å². The second-order valence-electron chi connectivity index (χ2n) is 5.45. The lowest BCUT2D eigenvalue weighted by molar-refractivity contribution is 0.0718. The molecule has 1 aliphatic rings. The van der Waals surface area contributed by atoms with E-state index in [1.54, 1.807) is 0 Å². The highest BCUT2D eigenvalue weighted by Gasteiger charge is 2.27. The molecule has 0 unspecified atom stereocenters. The SMILES string of the molecule is CN(c1ccccn1)C1CCN(C(=O)c2cc(Br)cs2)CC1. The summed E-state index contributed by atoms with van der Waals surface area (Å²) < 4.78 is 0.977. The number of halogens is 1. The van der Waals surface area contributed by atoms with Crippen LogP contribution in [-0.4, -0.2) is 42.0 Å². The molecule has 0 spiro atoms. The zero-order valence-electron chi connectivity index (χ0n) is 12.4. The van der Waals surface area contributed by atoms with Crippen LogP contribution in [0.3, 0.4) is 0 Å². The largest absolute Gasteiger partial charge is 0.357 e. The molecule has 0 aromatic carbocycles. The van der Waals surface area contributed by atoms with Crippen molar-refractivity contribution in [2.75, 3.05) is 25.0 Å². The van der Waals surface area contributed by atoms with Crippen LogP contribution < -0.4 is 4.90 Å². The van der Waals surface area contributed by atoms with Gasteiger partial charge in [-0.2, -0.15) is 0 Å². The van der Waals surface area contributed by atoms with Crippen LogP contribution in [0.1, 0.15) is 22.5 Å². The van der Waals surface area contributed by atoms with E-state index in [0.717, 1.165) is 41.1 Å². The molecular formula is C16H18BrN3OS. The molecule has 116 valence electrons. The third-order valence-electron chi connectivity index (χ3n) is 4.09. The number of anilines is 1. The summed E-state index contributed by atoms with van der Waals surface area (Å²) in [4.78, 5) is 21.8. The number of carbonyl (C=O) groups excluding carboxylic acids is 1. The van der Waals surface area contributed by atoms with E-state index in [-0.39, 0.29) is 5.91 Å². The maximum Gasteiger partial charge on any atom is 0.263 e. The standard InChI is InChI=1S/C16H18BrN3OS/c1-19(15-4-2-3-7-18-15)13-5-8-20(9-6-13)16(21)14-10-12(17)11-22-14/h2-4,7,10-11,13H,5-6,8-9H2,1H3. The van der Waals surface area contributed by atoms with Crippen molar-refractivity contribution >= 4 is 39.0 Å². The van der Waals surface area contributed by atoms with Crippen LogP contribution in [0.25, 0.3) is 0 Å². The molecule has 3 rings (SSSR count). The molecule has 1 saturated heterocycles. The summed E-state index contributed by atoms with van der Waals surface area (Å²) in [7, 11) is 2.08. The molecule has 4 nitrogen and oxygen atoms in total. The fourth-order valence-corrected chi connectivity index (χ4v) is 4.18. The van der Waals surface area contributed by atoms with Crippen molar-refractivity contribution in [2.24, 2.45) is 0 Å². The van der Waals surface area contributed by atoms with Gasteiger partial charge in [-0.3, -0.25) is 4.79 Å². The van der Waals surface area contributed by atoms with Crippen molar-refractivity contribution in [3.05, 3.63) is 45.2 Å². The minimum absolute atomic E-state index is 0.148. The van der Waals surface area contributed by atoms with E-state index in [4.69, 9.17) is 0 Å². The van der Waals surface area contributed by atoms with Crippen LogP contribution in [-0.2, 0) is 0 Å². The van der Waals surface area contributed by atoms with E-state index < -0.39 is 0 Å². The number of likely N-dealkylation sites (tertiary alicyclic amines) is 1. The van der Waals surface area contributed by atoms with Crippen molar-refractivity contribution in [3.8, 4) is 0 Å². The molecule has 0 atom stereocenters. The van der Waals surface area contributed by atoms with Crippen LogP contribution >= 0.6 is 27.3 Å². The first-order valence-corrected chi connectivity index (χ1v) is 8.99. The van der Waals surface area contributed by atoms with Crippen LogP contribution in [0.2, 0.25) is 0 Å². The fraction of sp³-hybridized carbons (Fsp3) is 0.375. The molecule has 0 bridgehead atoms. The highest BCUT2D eigenvalue weighted by Crippen LogP contribution is 2.24. The van der Waals surface area contributed by atoms with Crippen molar-refractivity contribution in [1.29, 1.82) is 0 Å². The summed E-state index contributed by atoms with van der Waals surface area (Å²) in [6.07, 6.45) is 3.77. The predicted molar refractivity (Wildman–Crippen MR) is 93.6 cm³/mol. The van der Waals surface area contributed by atoms with Crippen LogP contribution in [0, 0.1) is 0 Å². The van der Waals surface area contributed by atoms with E-state index in [2.05, 4.69) is 32.9 Å². The molecular weight excluding hydrogens is 362 g/mol. The summed E-state index contributed by atoms with van der Waals surface area (Å²) in [5.74, 6) is 1.14. The number of hydrogen-bond donors (Lipinski definition) is 0. The Morgan fingerprint density at radius 1 is 1.41 bits per heavy atom. The van der Waals surface area contributed by atoms with Gasteiger partial charge in [-0.1, -0.05) is 6.07 Å². The molecule has 1 amide bonds. The third kappa shape index (κ3) is 3.33. The second-order valence-corrected chi connectivity index (χ2v) is 7.28. The second kappa shape index (κ2) is 6.79. The number of rotatable bonds is 3. The summed E-state index contributed by atoms with van der Waals surface area (Å²) in [5, 5.41) is 1.95. The number of pyridine rings is 1. The lowest BCUT2D eigenvalue weighted by atomic mass is 10.0. The van der Waals surface area contributed by atoms with Crippen molar-refractivity contribution < 1.29 is 4.79 Å². The number of hydrogen-bond acceptors (Lipinski definition) is 4. The molecule has 1 aliphatic heterocycles. The zero-order chi connectivity index (χ0) is 15.5. The van der Waals surface area contributed by atoms with Gasteiger partial charge in [-0.25, -0.2) is 4.98 Å². The minimum Gasteiger partial charge on any atom is -0.357 e. The topological polar surface area (TPSA) is 36.4 Å². The molecule has 0 N–H and O–H groups in total. The first-order chi connectivity index (χ1) is 10.6. The summed E-state index contributed by atoms with van der Waals surface area (Å²) in [6, 6.07) is 8.30. The number of amides is 1. The Kier molecular flexibility index (Phi) is 4.78. The van der Waals surface area contributed by atoms with Crippen LogP contribution in [0.5, 0.6) is 0 Å². The first-order valence-electron chi connectivity index (χ1n) is 7.32. The monoisotopic (exact) mass is 379 g/mol. The molecule has 3 heterocycles. The average molecular weight is 380 g/mol. The Morgan fingerprint density at radius 2 is 2.18 bits per heavy atom. The first kappa shape index (κ1) is 15.5. The van der Waals surface area contributed by atoms with Gasteiger partial charge in [-0.05, 0) is 47.0 Å². The van der Waals surface area contributed by atoms with E-state index in [1.165, 1.54) is 11.3 Å². The Morgan fingerprint density at radius 3 is 2.77 bits per heavy atom. The Bertz CT molecular complexity index is 638. The van der Waals surface area contributed by atoms with Gasteiger partial charge in [0.05, 0.1) is 4.88 Å². The summed E-state index contributed by atoms with van der Waals surface area (Å²) in [6.45, 7) is 1.60. The molecule has 1 fully saturated rings. The molecule has 2 aromatic rings. The summed E-state index contributed by atoms with van der Waals surface area (Å²) in [5.41, 5.74) is 0. The lowest BCUT2D eigenvalue weighted by Gasteiger charge is -2.37. The smallest absolute Gasteiger partial charge is 0.263 e. The van der Waals surface area contributed by atoms with Gasteiger partial charge in [-0.15, -0.1) is 11.3 Å². The zero-order valence-corrected chi connectivity index (χ0v) is 14.8. The van der Waals surface area contributed by atoms with Gasteiger partial charge in [0.15, 0.2) is 0 Å². The molecule has 0 saturated carbocycles. The van der Waals surface area contributed by atoms with Gasteiger partial charge in [0, 0.05) is 42.2 Å². The molecule has 22 heavy (non-hydrogen) atoms. The third-order valence-corrected chi connectivity index (χ3v) is 5.77. The van der Waals surface area contributed by atoms with Crippen molar-refractivity contribution in [2.45, 2.75) is 18.9 Å². The lowest BCUT2D eigenvalue weighted by Crippen LogP contribution is -2.45. The van der Waals surface area contributed by atoms with E-state index in [0.29, 0.717) is 6.04 Å². The number of piperidine rings is 1. The molecule has 0 radical (unpaired) electrons. The molecule has 0 aliphatic carbocycles. The van der Waals surface area contributed by atoms with E-state index >= 15 is 0 Å². The number of thiophene rings is 1. The summed E-state index contributed by atoms with van der Waals surface area (Å²) >= 11 is 4.90. The number of aromatic nitrogens is 1. The Labute approximate surface area is 142 Å². The number of carbonyl (C=O) groups is 1. The predicted octanol–water partition coefficient (Wildman–Crippen LogP) is 3.65. The maximum absolute atomic E-state index is 12.4. The van der Waals surface area contributed by atoms with Crippen LogP contribution in [0.15, 0.2) is 40.3 Å². The van der Waals surface area contributed by atoms with Gasteiger partial charge >= 0.3 is 0 Å².